The molecule has 0 saturated heterocycles. The Hall–Kier alpha value is 0.0169. The smallest absolute Gasteiger partial charge is 0.336 e. The van der Waals surface area contributed by atoms with Gasteiger partial charge in [-0.1, -0.05) is 0 Å². The van der Waals surface area contributed by atoms with E-state index in [0.29, 0.717) is 26.0 Å². The van der Waals surface area contributed by atoms with Crippen molar-refractivity contribution in [1.82, 2.24) is 0 Å². The molecular formula is C10H26N2O3Si. The maximum Gasteiger partial charge on any atom is 0.336 e. The summed E-state index contributed by atoms with van der Waals surface area (Å²) in [5, 5.41) is 9.61. The molecule has 0 bridgehead atoms. The van der Waals surface area contributed by atoms with Gasteiger partial charge in [-0.15, -0.1) is 0 Å². The van der Waals surface area contributed by atoms with Crippen LogP contribution in [0.25, 0.3) is 0 Å². The van der Waals surface area contributed by atoms with E-state index in [1.54, 1.807) is 6.92 Å². The molecule has 3 atom stereocenters. The van der Waals surface area contributed by atoms with Gasteiger partial charge in [-0.05, 0) is 45.8 Å². The van der Waals surface area contributed by atoms with Crippen molar-refractivity contribution in [3.8, 4) is 0 Å². The van der Waals surface area contributed by atoms with Gasteiger partial charge >= 0.3 is 8.56 Å². The van der Waals surface area contributed by atoms with E-state index in [9.17, 15) is 5.11 Å². The summed E-state index contributed by atoms with van der Waals surface area (Å²) in [7, 11) is -2.23. The van der Waals surface area contributed by atoms with Gasteiger partial charge in [-0.25, -0.2) is 0 Å². The Balaban J connectivity index is 4.10. The third-order valence-electron chi connectivity index (χ3n) is 2.32. The van der Waals surface area contributed by atoms with Crippen molar-refractivity contribution < 1.29 is 14.0 Å². The van der Waals surface area contributed by atoms with Crippen LogP contribution in [0.1, 0.15) is 26.7 Å². The van der Waals surface area contributed by atoms with Crippen LogP contribution >= 0.6 is 0 Å². The topological polar surface area (TPSA) is 90.7 Å². The van der Waals surface area contributed by atoms with E-state index in [4.69, 9.17) is 20.3 Å². The molecule has 0 aromatic heterocycles. The van der Waals surface area contributed by atoms with Crippen molar-refractivity contribution in [2.24, 2.45) is 11.5 Å². The largest absolute Gasteiger partial charge is 0.395 e. The second-order valence-electron chi connectivity index (χ2n) is 4.16. The van der Waals surface area contributed by atoms with Crippen molar-refractivity contribution in [3.05, 3.63) is 0 Å². The van der Waals surface area contributed by atoms with E-state index < -0.39 is 8.56 Å². The minimum Gasteiger partial charge on any atom is -0.395 e. The standard InChI is InChI=1S/C10H26N2O3Si/c1-4-14-16(3,15-9(2)12)8-6-10(13)5-7-11/h9-10,13H,4-8,11-12H2,1-3H3. The molecule has 5 N–H and O–H groups in total. The normalized spacial score (nSPS) is 19.1. The molecule has 0 radical (unpaired) electrons. The van der Waals surface area contributed by atoms with E-state index in [2.05, 4.69) is 0 Å². The zero-order valence-corrected chi connectivity index (χ0v) is 11.6. The maximum atomic E-state index is 9.61. The highest BCUT2D eigenvalue weighted by atomic mass is 28.4. The number of nitrogens with two attached hydrogens (primary N) is 2. The van der Waals surface area contributed by atoms with E-state index in [1.807, 2.05) is 13.5 Å². The molecule has 0 aliphatic carbocycles. The molecule has 0 rings (SSSR count). The summed E-state index contributed by atoms with van der Waals surface area (Å²) in [5.41, 5.74) is 11.0. The summed E-state index contributed by atoms with van der Waals surface area (Å²) in [5.74, 6) is 0. The molecule has 6 heteroatoms. The Morgan fingerprint density at radius 2 is 2.00 bits per heavy atom. The minimum atomic E-state index is -2.23. The summed E-state index contributed by atoms with van der Waals surface area (Å²) in [4.78, 5) is 0. The molecule has 0 aliphatic rings. The van der Waals surface area contributed by atoms with Gasteiger partial charge in [0.15, 0.2) is 0 Å². The van der Waals surface area contributed by atoms with Gasteiger partial charge in [0.05, 0.1) is 12.3 Å². The Morgan fingerprint density at radius 3 is 2.44 bits per heavy atom. The number of hydrogen-bond acceptors (Lipinski definition) is 5. The van der Waals surface area contributed by atoms with Crippen LogP contribution in [-0.4, -0.2) is 39.2 Å². The van der Waals surface area contributed by atoms with Crippen LogP contribution in [0.15, 0.2) is 0 Å². The Labute approximate surface area is 99.4 Å². The molecule has 3 unspecified atom stereocenters. The first kappa shape index (κ1) is 16.0. The quantitative estimate of drug-likeness (QED) is 0.410. The molecule has 98 valence electrons. The van der Waals surface area contributed by atoms with E-state index in [0.717, 1.165) is 6.04 Å². The van der Waals surface area contributed by atoms with Gasteiger partial charge in [-0.2, -0.15) is 0 Å². The molecule has 0 fully saturated rings. The van der Waals surface area contributed by atoms with Gasteiger partial charge < -0.3 is 25.4 Å². The molecule has 16 heavy (non-hydrogen) atoms. The van der Waals surface area contributed by atoms with Crippen LogP contribution in [0.3, 0.4) is 0 Å². The van der Waals surface area contributed by atoms with Crippen LogP contribution in [-0.2, 0) is 8.85 Å². The molecule has 0 aromatic rings. The molecule has 0 aliphatic heterocycles. The van der Waals surface area contributed by atoms with Gasteiger partial charge in [-0.3, -0.25) is 0 Å². The second-order valence-corrected chi connectivity index (χ2v) is 7.45. The molecule has 5 nitrogen and oxygen atoms in total. The molecular weight excluding hydrogens is 224 g/mol. The van der Waals surface area contributed by atoms with Crippen molar-refractivity contribution in [3.63, 3.8) is 0 Å². The summed E-state index contributed by atoms with van der Waals surface area (Å²) in [6.45, 7) is 6.83. The number of aliphatic hydroxyl groups excluding tert-OH is 1. The lowest BCUT2D eigenvalue weighted by atomic mass is 10.2. The molecule has 0 spiro atoms. The first-order valence-electron chi connectivity index (χ1n) is 5.89. The lowest BCUT2D eigenvalue weighted by Gasteiger charge is -2.29. The van der Waals surface area contributed by atoms with Crippen molar-refractivity contribution >= 4 is 8.56 Å². The molecule has 0 saturated carbocycles. The van der Waals surface area contributed by atoms with Crippen LogP contribution in [0.4, 0.5) is 0 Å². The van der Waals surface area contributed by atoms with Crippen molar-refractivity contribution in [1.29, 1.82) is 0 Å². The van der Waals surface area contributed by atoms with Gasteiger partial charge in [0.25, 0.3) is 0 Å². The number of rotatable bonds is 9. The SMILES string of the molecule is CCO[Si](C)(CCC(O)CCN)OC(C)N. The summed E-state index contributed by atoms with van der Waals surface area (Å²) >= 11 is 0. The average molecular weight is 250 g/mol. The Bertz CT molecular complexity index is 183. The zero-order valence-electron chi connectivity index (χ0n) is 10.6. The predicted molar refractivity (Wildman–Crippen MR) is 67.1 cm³/mol. The first-order chi connectivity index (χ1) is 7.43. The van der Waals surface area contributed by atoms with Gasteiger partial charge in [0.1, 0.15) is 0 Å². The van der Waals surface area contributed by atoms with E-state index in [1.165, 1.54) is 0 Å². The lowest BCUT2D eigenvalue weighted by Crippen LogP contribution is -2.44. The van der Waals surface area contributed by atoms with Crippen LogP contribution in [0.5, 0.6) is 0 Å². The fourth-order valence-corrected chi connectivity index (χ4v) is 4.21. The maximum absolute atomic E-state index is 9.61. The van der Waals surface area contributed by atoms with E-state index in [-0.39, 0.29) is 12.3 Å². The summed E-state index contributed by atoms with van der Waals surface area (Å²) in [6.07, 6.45) is 0.588. The van der Waals surface area contributed by atoms with Gasteiger partial charge in [0, 0.05) is 6.61 Å². The third-order valence-corrected chi connectivity index (χ3v) is 5.28. The summed E-state index contributed by atoms with van der Waals surface area (Å²) in [6, 6.07) is 0.740. The second kappa shape index (κ2) is 8.16. The Kier molecular flexibility index (Phi) is 8.17. The van der Waals surface area contributed by atoms with Crippen LogP contribution < -0.4 is 11.5 Å². The fraction of sp³-hybridized carbons (Fsp3) is 1.00. The third kappa shape index (κ3) is 7.32. The zero-order chi connectivity index (χ0) is 12.6. The minimum absolute atomic E-state index is 0.324. The highest BCUT2D eigenvalue weighted by Gasteiger charge is 2.32. The van der Waals surface area contributed by atoms with Crippen LogP contribution in [0.2, 0.25) is 12.6 Å². The number of aliphatic hydroxyl groups is 1. The molecule has 0 aromatic carbocycles. The fourth-order valence-electron chi connectivity index (χ4n) is 1.63. The molecule has 0 heterocycles. The average Bonchev–Trinajstić information content (AvgIpc) is 2.14. The highest BCUT2D eigenvalue weighted by molar-refractivity contribution is 6.66. The lowest BCUT2D eigenvalue weighted by molar-refractivity contribution is 0.121. The monoisotopic (exact) mass is 250 g/mol. The number of hydrogen-bond donors (Lipinski definition) is 3. The highest BCUT2D eigenvalue weighted by Crippen LogP contribution is 2.19. The first-order valence-corrected chi connectivity index (χ1v) is 8.41. The van der Waals surface area contributed by atoms with Crippen molar-refractivity contribution in [2.75, 3.05) is 13.2 Å². The predicted octanol–water partition coefficient (Wildman–Crippen LogP) is 0.516. The van der Waals surface area contributed by atoms with E-state index >= 15 is 0 Å². The summed E-state index contributed by atoms with van der Waals surface area (Å²) < 4.78 is 11.3. The van der Waals surface area contributed by atoms with Crippen LogP contribution in [0, 0.1) is 0 Å². The Morgan fingerprint density at radius 1 is 1.38 bits per heavy atom. The molecule has 0 amide bonds. The van der Waals surface area contributed by atoms with Gasteiger partial charge in [0.2, 0.25) is 0 Å². The van der Waals surface area contributed by atoms with Crippen molar-refractivity contribution in [2.45, 2.75) is 51.6 Å².